The van der Waals surface area contributed by atoms with Gasteiger partial charge < -0.3 is 0 Å². The summed E-state index contributed by atoms with van der Waals surface area (Å²) in [4.78, 5) is 0. The predicted molar refractivity (Wildman–Crippen MR) is 73.6 cm³/mol. The number of rotatable bonds is 3. The molecule has 2 fully saturated rings. The molecule has 1 saturated heterocycles. The lowest BCUT2D eigenvalue weighted by Gasteiger charge is -2.38. The topological polar surface area (TPSA) is 40.6 Å². The van der Waals surface area contributed by atoms with Crippen LogP contribution in [0, 0.1) is 0 Å². The molecule has 1 aliphatic heterocycles. The van der Waals surface area contributed by atoms with Crippen LogP contribution in [0.15, 0.2) is 0 Å². The molecule has 1 aliphatic carbocycles. The van der Waals surface area contributed by atoms with E-state index in [1.54, 1.807) is 15.7 Å². The molecular weight excluding hydrogens is 248 g/mol. The molecule has 4 nitrogen and oxygen atoms in total. The Balaban J connectivity index is 2.08. The zero-order valence-electron chi connectivity index (χ0n) is 11.6. The molecule has 0 bridgehead atoms. The monoisotopic (exact) mass is 274 g/mol. The Kier molecular flexibility index (Phi) is 4.67. The van der Waals surface area contributed by atoms with Crippen LogP contribution in [0.4, 0.5) is 0 Å². The van der Waals surface area contributed by atoms with Crippen LogP contribution in [0.5, 0.6) is 0 Å². The quantitative estimate of drug-likeness (QED) is 0.793. The normalized spacial score (nSPS) is 28.7. The first kappa shape index (κ1) is 14.3. The summed E-state index contributed by atoms with van der Waals surface area (Å²) >= 11 is 0. The molecule has 0 aromatic rings. The van der Waals surface area contributed by atoms with Crippen LogP contribution in [0.2, 0.25) is 0 Å². The van der Waals surface area contributed by atoms with Crippen molar-refractivity contribution >= 4 is 10.2 Å². The molecule has 0 amide bonds. The van der Waals surface area contributed by atoms with Crippen LogP contribution < -0.4 is 0 Å². The van der Waals surface area contributed by atoms with Crippen molar-refractivity contribution in [2.45, 2.75) is 70.4 Å². The maximum atomic E-state index is 12.6. The summed E-state index contributed by atoms with van der Waals surface area (Å²) in [5, 5.41) is 0. The molecule has 18 heavy (non-hydrogen) atoms. The summed E-state index contributed by atoms with van der Waals surface area (Å²) in [6.45, 7) is 2.73. The fraction of sp³-hybridized carbons (Fsp3) is 1.00. The lowest BCUT2D eigenvalue weighted by molar-refractivity contribution is 0.222. The average molecular weight is 274 g/mol. The molecule has 0 spiro atoms. The third kappa shape index (κ3) is 2.89. The molecule has 2 rings (SSSR count). The van der Waals surface area contributed by atoms with Crippen LogP contribution >= 0.6 is 0 Å². The van der Waals surface area contributed by atoms with Crippen LogP contribution in [-0.4, -0.2) is 42.7 Å². The van der Waals surface area contributed by atoms with Crippen LogP contribution in [0.3, 0.4) is 0 Å². The van der Waals surface area contributed by atoms with Gasteiger partial charge in [-0.1, -0.05) is 25.7 Å². The number of nitrogens with zero attached hydrogens (tertiary/aromatic N) is 2. The van der Waals surface area contributed by atoms with E-state index in [-0.39, 0.29) is 12.1 Å². The SMILES string of the molecule is CC1CCCCN1S(=O)(=O)N(C)C1CCCCC1. The minimum Gasteiger partial charge on any atom is -0.195 e. The molecule has 1 heterocycles. The lowest BCUT2D eigenvalue weighted by Crippen LogP contribution is -2.51. The molecule has 106 valence electrons. The minimum absolute atomic E-state index is 0.162. The number of hydrogen-bond acceptors (Lipinski definition) is 2. The van der Waals surface area contributed by atoms with Gasteiger partial charge in [-0.2, -0.15) is 17.0 Å². The standard InChI is InChI=1S/C13H26N2O2S/c1-12-8-6-7-11-15(12)18(16,17)14(2)13-9-4-3-5-10-13/h12-13H,3-11H2,1-2H3. The highest BCUT2D eigenvalue weighted by molar-refractivity contribution is 7.86. The van der Waals surface area contributed by atoms with Crippen molar-refractivity contribution in [2.24, 2.45) is 0 Å². The second kappa shape index (κ2) is 5.88. The molecule has 1 atom stereocenters. The molecule has 0 aromatic heterocycles. The first-order valence-electron chi connectivity index (χ1n) is 7.28. The van der Waals surface area contributed by atoms with Gasteiger partial charge in [-0.05, 0) is 32.6 Å². The van der Waals surface area contributed by atoms with Gasteiger partial charge in [0.05, 0.1) is 0 Å². The second-order valence-electron chi connectivity index (χ2n) is 5.77. The molecule has 0 radical (unpaired) electrons. The summed E-state index contributed by atoms with van der Waals surface area (Å²) in [6, 6.07) is 0.382. The van der Waals surface area contributed by atoms with Crippen LogP contribution in [0.1, 0.15) is 58.3 Å². The summed E-state index contributed by atoms with van der Waals surface area (Å²) in [7, 11) is -1.47. The van der Waals surface area contributed by atoms with E-state index in [0.29, 0.717) is 6.54 Å². The second-order valence-corrected chi connectivity index (χ2v) is 7.71. The molecule has 1 saturated carbocycles. The highest BCUT2D eigenvalue weighted by atomic mass is 32.2. The fourth-order valence-electron chi connectivity index (χ4n) is 3.21. The summed E-state index contributed by atoms with van der Waals surface area (Å²) in [5.74, 6) is 0. The maximum absolute atomic E-state index is 12.6. The number of hydrogen-bond donors (Lipinski definition) is 0. The molecule has 0 N–H and O–H groups in total. The van der Waals surface area contributed by atoms with Crippen LogP contribution in [-0.2, 0) is 10.2 Å². The maximum Gasteiger partial charge on any atom is 0.282 e. The van der Waals surface area contributed by atoms with Gasteiger partial charge in [0.2, 0.25) is 0 Å². The largest absolute Gasteiger partial charge is 0.282 e. The van der Waals surface area contributed by atoms with E-state index >= 15 is 0 Å². The van der Waals surface area contributed by atoms with E-state index in [2.05, 4.69) is 0 Å². The lowest BCUT2D eigenvalue weighted by atomic mass is 9.96. The summed E-state index contributed by atoms with van der Waals surface area (Å²) in [6.07, 6.45) is 8.79. The zero-order valence-corrected chi connectivity index (χ0v) is 12.5. The molecule has 0 aromatic carbocycles. The van der Waals surface area contributed by atoms with Crippen molar-refractivity contribution in [3.05, 3.63) is 0 Å². The van der Waals surface area contributed by atoms with Crippen molar-refractivity contribution in [3.63, 3.8) is 0 Å². The third-order valence-corrected chi connectivity index (χ3v) is 6.65. The van der Waals surface area contributed by atoms with Crippen molar-refractivity contribution in [1.29, 1.82) is 0 Å². The fourth-order valence-corrected chi connectivity index (χ4v) is 5.05. The smallest absolute Gasteiger partial charge is 0.195 e. The molecule has 5 heteroatoms. The first-order chi connectivity index (χ1) is 8.53. The van der Waals surface area contributed by atoms with Crippen molar-refractivity contribution in [3.8, 4) is 0 Å². The van der Waals surface area contributed by atoms with E-state index in [1.165, 1.54) is 19.3 Å². The van der Waals surface area contributed by atoms with Gasteiger partial charge in [0, 0.05) is 25.7 Å². The predicted octanol–water partition coefficient (Wildman–Crippen LogP) is 2.37. The van der Waals surface area contributed by atoms with E-state index < -0.39 is 10.2 Å². The van der Waals surface area contributed by atoms with Gasteiger partial charge in [-0.3, -0.25) is 0 Å². The molecule has 2 aliphatic rings. The Morgan fingerprint density at radius 1 is 1.00 bits per heavy atom. The van der Waals surface area contributed by atoms with Crippen LogP contribution in [0.25, 0.3) is 0 Å². The Morgan fingerprint density at radius 3 is 2.22 bits per heavy atom. The minimum atomic E-state index is -3.24. The van der Waals surface area contributed by atoms with E-state index in [9.17, 15) is 8.42 Å². The average Bonchev–Trinajstić information content (AvgIpc) is 2.39. The van der Waals surface area contributed by atoms with E-state index in [4.69, 9.17) is 0 Å². The molecule has 1 unspecified atom stereocenters. The summed E-state index contributed by atoms with van der Waals surface area (Å²) < 4.78 is 28.7. The third-order valence-electron chi connectivity index (χ3n) is 4.49. The Labute approximate surface area is 112 Å². The van der Waals surface area contributed by atoms with Gasteiger partial charge in [-0.15, -0.1) is 0 Å². The van der Waals surface area contributed by atoms with Crippen molar-refractivity contribution in [2.75, 3.05) is 13.6 Å². The Bertz CT molecular complexity index is 363. The van der Waals surface area contributed by atoms with Gasteiger partial charge in [0.25, 0.3) is 10.2 Å². The summed E-state index contributed by atoms with van der Waals surface area (Å²) in [5.41, 5.74) is 0. The van der Waals surface area contributed by atoms with Gasteiger partial charge in [0.15, 0.2) is 0 Å². The Hall–Kier alpha value is -0.130. The van der Waals surface area contributed by atoms with Gasteiger partial charge in [0.1, 0.15) is 0 Å². The highest BCUT2D eigenvalue weighted by Crippen LogP contribution is 2.27. The van der Waals surface area contributed by atoms with E-state index in [0.717, 1.165) is 32.1 Å². The molecular formula is C13H26N2O2S. The van der Waals surface area contributed by atoms with Gasteiger partial charge in [-0.25, -0.2) is 0 Å². The zero-order chi connectivity index (χ0) is 13.2. The Morgan fingerprint density at radius 2 is 1.61 bits per heavy atom. The highest BCUT2D eigenvalue weighted by Gasteiger charge is 2.36. The van der Waals surface area contributed by atoms with Crippen molar-refractivity contribution < 1.29 is 8.42 Å². The van der Waals surface area contributed by atoms with Crippen molar-refractivity contribution in [1.82, 2.24) is 8.61 Å². The first-order valence-corrected chi connectivity index (χ1v) is 8.68. The van der Waals surface area contributed by atoms with Gasteiger partial charge >= 0.3 is 0 Å². The van der Waals surface area contributed by atoms with E-state index in [1.807, 2.05) is 6.92 Å². The number of piperidine rings is 1.